The Balaban J connectivity index is 1.26. The van der Waals surface area contributed by atoms with E-state index < -0.39 is 17.1 Å². The van der Waals surface area contributed by atoms with Crippen molar-refractivity contribution < 1.29 is 23.9 Å². The molecule has 1 aliphatic rings. The molecule has 0 atom stereocenters. The van der Waals surface area contributed by atoms with Gasteiger partial charge in [0, 0.05) is 17.3 Å². The molecule has 3 aromatic rings. The molecule has 0 aromatic heterocycles. The third-order valence-electron chi connectivity index (χ3n) is 7.52. The SMILES string of the molecule is CC(C)(C)OC(=O)C1(N)CCCC(Nc2ccc(C(=O)Nc3ccccc3NCC(=O)OCc3ccccc3)cc2)CCC1. The Labute approximate surface area is 259 Å². The van der Waals surface area contributed by atoms with Gasteiger partial charge in [0.25, 0.3) is 5.91 Å². The normalized spacial score (nSPS) is 18.7. The first-order valence-corrected chi connectivity index (χ1v) is 15.2. The van der Waals surface area contributed by atoms with Gasteiger partial charge < -0.3 is 31.2 Å². The van der Waals surface area contributed by atoms with Crippen LogP contribution in [0.5, 0.6) is 0 Å². The molecule has 3 aromatic carbocycles. The molecule has 0 aliphatic heterocycles. The summed E-state index contributed by atoms with van der Waals surface area (Å²) in [6, 6.07) is 24.3. The van der Waals surface area contributed by atoms with Crippen molar-refractivity contribution in [1.29, 1.82) is 0 Å². The Morgan fingerprint density at radius 1 is 0.864 bits per heavy atom. The summed E-state index contributed by atoms with van der Waals surface area (Å²) in [5, 5.41) is 9.56. The van der Waals surface area contributed by atoms with Crippen LogP contribution >= 0.6 is 0 Å². The molecule has 9 heteroatoms. The van der Waals surface area contributed by atoms with Gasteiger partial charge in [-0.3, -0.25) is 14.4 Å². The fourth-order valence-electron chi connectivity index (χ4n) is 5.18. The summed E-state index contributed by atoms with van der Waals surface area (Å²) in [6.45, 7) is 5.74. The summed E-state index contributed by atoms with van der Waals surface area (Å²) in [4.78, 5) is 38.0. The van der Waals surface area contributed by atoms with E-state index in [1.807, 2.05) is 75.4 Å². The minimum absolute atomic E-state index is 0.0332. The molecule has 0 spiro atoms. The van der Waals surface area contributed by atoms with Gasteiger partial charge in [-0.25, -0.2) is 0 Å². The zero-order valence-corrected chi connectivity index (χ0v) is 25.9. The molecular formula is C35H44N4O5. The second-order valence-electron chi connectivity index (χ2n) is 12.4. The van der Waals surface area contributed by atoms with Crippen LogP contribution in [0.2, 0.25) is 0 Å². The molecule has 1 aliphatic carbocycles. The maximum Gasteiger partial charge on any atom is 0.326 e. The largest absolute Gasteiger partial charge is 0.460 e. The highest BCUT2D eigenvalue weighted by Gasteiger charge is 2.38. The van der Waals surface area contributed by atoms with E-state index in [1.165, 1.54) is 0 Å². The molecule has 1 saturated carbocycles. The van der Waals surface area contributed by atoms with Crippen molar-refractivity contribution >= 4 is 34.9 Å². The molecule has 5 N–H and O–H groups in total. The Kier molecular flexibility index (Phi) is 11.0. The first-order chi connectivity index (χ1) is 21.0. The van der Waals surface area contributed by atoms with Crippen LogP contribution in [-0.4, -0.2) is 41.6 Å². The number of carbonyl (C=O) groups is 3. The van der Waals surface area contributed by atoms with Gasteiger partial charge in [0.2, 0.25) is 0 Å². The summed E-state index contributed by atoms with van der Waals surface area (Å²) in [5.74, 6) is -0.970. The predicted octanol–water partition coefficient (Wildman–Crippen LogP) is 6.27. The van der Waals surface area contributed by atoms with Crippen LogP contribution in [0.4, 0.5) is 17.1 Å². The van der Waals surface area contributed by atoms with Crippen molar-refractivity contribution in [3.8, 4) is 0 Å². The molecule has 0 radical (unpaired) electrons. The zero-order chi connectivity index (χ0) is 31.6. The molecule has 0 heterocycles. The van der Waals surface area contributed by atoms with E-state index in [0.717, 1.165) is 36.9 Å². The van der Waals surface area contributed by atoms with Gasteiger partial charge in [0.05, 0.1) is 11.4 Å². The maximum atomic E-state index is 13.1. The smallest absolute Gasteiger partial charge is 0.326 e. The lowest BCUT2D eigenvalue weighted by Crippen LogP contribution is -2.51. The molecular weight excluding hydrogens is 556 g/mol. The molecule has 0 bridgehead atoms. The van der Waals surface area contributed by atoms with E-state index >= 15 is 0 Å². The van der Waals surface area contributed by atoms with Crippen molar-refractivity contribution in [2.24, 2.45) is 5.73 Å². The van der Waals surface area contributed by atoms with Crippen LogP contribution in [0.15, 0.2) is 78.9 Å². The molecule has 9 nitrogen and oxygen atoms in total. The van der Waals surface area contributed by atoms with Gasteiger partial charge in [0.15, 0.2) is 0 Å². The number of hydrogen-bond donors (Lipinski definition) is 4. The van der Waals surface area contributed by atoms with Gasteiger partial charge >= 0.3 is 11.9 Å². The maximum absolute atomic E-state index is 13.1. The fraction of sp³-hybridized carbons (Fsp3) is 0.400. The number of nitrogens with two attached hydrogens (primary N) is 1. The van der Waals surface area contributed by atoms with Gasteiger partial charge in [-0.15, -0.1) is 0 Å². The van der Waals surface area contributed by atoms with Crippen molar-refractivity contribution in [2.45, 2.75) is 83.1 Å². The van der Waals surface area contributed by atoms with E-state index in [2.05, 4.69) is 16.0 Å². The minimum Gasteiger partial charge on any atom is -0.460 e. The van der Waals surface area contributed by atoms with Gasteiger partial charge in [-0.2, -0.15) is 0 Å². The number of para-hydroxylation sites is 2. The van der Waals surface area contributed by atoms with Crippen LogP contribution in [0.25, 0.3) is 0 Å². The Hall–Kier alpha value is -4.37. The van der Waals surface area contributed by atoms with Crippen molar-refractivity contribution in [3.63, 3.8) is 0 Å². The lowest BCUT2D eigenvalue weighted by Gasteiger charge is -2.34. The summed E-state index contributed by atoms with van der Waals surface area (Å²) in [5.41, 5.74) is 8.53. The quantitative estimate of drug-likeness (QED) is 0.200. The molecule has 0 unspecified atom stereocenters. The number of benzene rings is 3. The number of esters is 2. The molecule has 1 amide bonds. The second kappa shape index (κ2) is 14.9. The first-order valence-electron chi connectivity index (χ1n) is 15.2. The third-order valence-corrected chi connectivity index (χ3v) is 7.52. The Bertz CT molecular complexity index is 1390. The van der Waals surface area contributed by atoms with Crippen molar-refractivity contribution in [3.05, 3.63) is 90.0 Å². The second-order valence-corrected chi connectivity index (χ2v) is 12.4. The average Bonchev–Trinajstić information content (AvgIpc) is 2.98. The molecule has 0 saturated heterocycles. The number of nitrogens with one attached hydrogen (secondary N) is 3. The Morgan fingerprint density at radius 2 is 1.48 bits per heavy atom. The predicted molar refractivity (Wildman–Crippen MR) is 173 cm³/mol. The van der Waals surface area contributed by atoms with Crippen molar-refractivity contribution in [1.82, 2.24) is 0 Å². The molecule has 234 valence electrons. The number of rotatable bonds is 10. The molecule has 44 heavy (non-hydrogen) atoms. The van der Waals surface area contributed by atoms with Crippen LogP contribution < -0.4 is 21.7 Å². The number of hydrogen-bond acceptors (Lipinski definition) is 8. The molecule has 4 rings (SSSR count). The number of amides is 1. The van der Waals surface area contributed by atoms with Crippen LogP contribution in [-0.2, 0) is 25.7 Å². The lowest BCUT2D eigenvalue weighted by molar-refractivity contribution is -0.162. The number of anilines is 3. The van der Waals surface area contributed by atoms with Crippen LogP contribution in [0.1, 0.15) is 75.2 Å². The van der Waals surface area contributed by atoms with Crippen LogP contribution in [0, 0.1) is 0 Å². The topological polar surface area (TPSA) is 132 Å². The number of ether oxygens (including phenoxy) is 2. The highest BCUT2D eigenvalue weighted by atomic mass is 16.6. The first kappa shape index (κ1) is 32.5. The standard InChI is InChI=1S/C35H44N4O5/c1-34(2,3)44-33(42)35(36)21-9-13-27(14-10-22-35)38-28-19-17-26(18-20-28)32(41)39-30-16-8-7-15-29(30)37-23-31(40)43-24-25-11-5-4-6-12-25/h4-8,11-12,15-20,27,37-38H,9-10,13-14,21-24,36H2,1-3H3,(H,39,41). The average molecular weight is 601 g/mol. The summed E-state index contributed by atoms with van der Waals surface area (Å²) < 4.78 is 10.9. The monoisotopic (exact) mass is 600 g/mol. The lowest BCUT2D eigenvalue weighted by atomic mass is 9.83. The zero-order valence-electron chi connectivity index (χ0n) is 25.9. The van der Waals surface area contributed by atoms with Gasteiger partial charge in [-0.05, 0) is 101 Å². The van der Waals surface area contributed by atoms with E-state index in [9.17, 15) is 14.4 Å². The number of carbonyl (C=O) groups excluding carboxylic acids is 3. The third kappa shape index (κ3) is 9.84. The van der Waals surface area contributed by atoms with E-state index in [4.69, 9.17) is 15.2 Å². The highest BCUT2D eigenvalue weighted by Crippen LogP contribution is 2.29. The van der Waals surface area contributed by atoms with Gasteiger partial charge in [-0.1, -0.05) is 42.5 Å². The molecule has 1 fully saturated rings. The van der Waals surface area contributed by atoms with Crippen LogP contribution in [0.3, 0.4) is 0 Å². The summed E-state index contributed by atoms with van der Waals surface area (Å²) in [6.07, 6.45) is 4.56. The van der Waals surface area contributed by atoms with Crippen molar-refractivity contribution in [2.75, 3.05) is 22.5 Å². The summed E-state index contributed by atoms with van der Waals surface area (Å²) in [7, 11) is 0. The van der Waals surface area contributed by atoms with E-state index in [-0.39, 0.29) is 31.1 Å². The Morgan fingerprint density at radius 3 is 2.11 bits per heavy atom. The van der Waals surface area contributed by atoms with E-state index in [1.54, 1.807) is 24.3 Å². The van der Waals surface area contributed by atoms with Gasteiger partial charge in [0.1, 0.15) is 24.3 Å². The fourth-order valence-corrected chi connectivity index (χ4v) is 5.18. The summed E-state index contributed by atoms with van der Waals surface area (Å²) >= 11 is 0. The highest BCUT2D eigenvalue weighted by molar-refractivity contribution is 6.06. The minimum atomic E-state index is -0.937. The van der Waals surface area contributed by atoms with E-state index in [0.29, 0.717) is 29.8 Å².